The van der Waals surface area contributed by atoms with Gasteiger partial charge in [-0.2, -0.15) is 0 Å². The van der Waals surface area contributed by atoms with Crippen LogP contribution >= 0.6 is 0 Å². The first-order valence-electron chi connectivity index (χ1n) is 9.67. The fraction of sp³-hybridized carbons (Fsp3) is 0.500. The van der Waals surface area contributed by atoms with Gasteiger partial charge >= 0.3 is 0 Å². The molecule has 8 heteroatoms. The first kappa shape index (κ1) is 19.0. The van der Waals surface area contributed by atoms with E-state index in [1.165, 1.54) is 12.4 Å². The van der Waals surface area contributed by atoms with Crippen LogP contribution in [0.25, 0.3) is 0 Å². The Bertz CT molecular complexity index is 823. The van der Waals surface area contributed by atoms with Crippen molar-refractivity contribution in [2.45, 2.75) is 31.4 Å². The molecule has 2 aliphatic rings. The molecule has 0 amide bonds. The number of nitrogens with zero attached hydrogens (tertiary/aromatic N) is 4. The van der Waals surface area contributed by atoms with Crippen molar-refractivity contribution in [1.29, 1.82) is 0 Å². The monoisotopic (exact) mass is 390 g/mol. The van der Waals surface area contributed by atoms with Crippen LogP contribution in [-0.2, 0) is 4.74 Å². The van der Waals surface area contributed by atoms with Crippen molar-refractivity contribution in [2.24, 2.45) is 0 Å². The van der Waals surface area contributed by atoms with E-state index >= 15 is 0 Å². The summed E-state index contributed by atoms with van der Waals surface area (Å²) < 4.78 is 32.6. The lowest BCUT2D eigenvalue weighted by Crippen LogP contribution is -2.43. The van der Waals surface area contributed by atoms with Gasteiger partial charge in [-0.15, -0.1) is 0 Å². The lowest BCUT2D eigenvalue weighted by molar-refractivity contribution is 0.0392. The second-order valence-corrected chi connectivity index (χ2v) is 7.24. The van der Waals surface area contributed by atoms with Crippen molar-refractivity contribution in [3.63, 3.8) is 0 Å². The Labute approximate surface area is 162 Å². The van der Waals surface area contributed by atoms with Gasteiger partial charge in [0.2, 0.25) is 0 Å². The minimum Gasteiger partial charge on any atom is -0.394 e. The van der Waals surface area contributed by atoms with E-state index in [4.69, 9.17) is 4.74 Å². The molecule has 3 heterocycles. The van der Waals surface area contributed by atoms with Gasteiger partial charge in [-0.25, -0.2) is 18.7 Å². The van der Waals surface area contributed by atoms with Crippen LogP contribution in [0, 0.1) is 11.6 Å². The largest absolute Gasteiger partial charge is 0.394 e. The number of aromatic nitrogens is 2. The SMILES string of the molecule is OCC1CCCCN1c1cc(N2CCOC(c3ccc(F)c(F)c3)C2)ncn1. The lowest BCUT2D eigenvalue weighted by atomic mass is 10.0. The van der Waals surface area contributed by atoms with Gasteiger partial charge in [0.05, 0.1) is 19.3 Å². The molecule has 2 fully saturated rings. The summed E-state index contributed by atoms with van der Waals surface area (Å²) in [6.45, 7) is 2.58. The number of morpholine rings is 1. The van der Waals surface area contributed by atoms with Crippen molar-refractivity contribution >= 4 is 11.6 Å². The van der Waals surface area contributed by atoms with E-state index < -0.39 is 11.6 Å². The smallest absolute Gasteiger partial charge is 0.159 e. The van der Waals surface area contributed by atoms with E-state index in [1.807, 2.05) is 6.07 Å². The summed E-state index contributed by atoms with van der Waals surface area (Å²) in [5.74, 6) is -0.165. The third-order valence-corrected chi connectivity index (χ3v) is 5.48. The number of rotatable bonds is 4. The highest BCUT2D eigenvalue weighted by atomic mass is 19.2. The Kier molecular flexibility index (Phi) is 5.68. The molecule has 28 heavy (non-hydrogen) atoms. The van der Waals surface area contributed by atoms with Crippen molar-refractivity contribution < 1.29 is 18.6 Å². The van der Waals surface area contributed by atoms with E-state index in [9.17, 15) is 13.9 Å². The molecule has 1 aromatic heterocycles. The zero-order valence-corrected chi connectivity index (χ0v) is 15.6. The van der Waals surface area contributed by atoms with Crippen LogP contribution in [0.15, 0.2) is 30.6 Å². The molecule has 4 rings (SSSR count). The van der Waals surface area contributed by atoms with Crippen LogP contribution in [0.4, 0.5) is 20.4 Å². The van der Waals surface area contributed by atoms with Gasteiger partial charge < -0.3 is 19.6 Å². The molecule has 0 radical (unpaired) electrons. The fourth-order valence-corrected chi connectivity index (χ4v) is 3.93. The van der Waals surface area contributed by atoms with E-state index in [0.29, 0.717) is 25.3 Å². The summed E-state index contributed by atoms with van der Waals surface area (Å²) >= 11 is 0. The standard InChI is InChI=1S/C20H24F2N4O2/c21-16-5-4-14(9-17(16)22)18-11-25(7-8-28-18)19-10-20(24-13-23-19)26-6-2-1-3-15(26)12-27/h4-5,9-10,13,15,18,27H,1-3,6-8,11-12H2. The van der Waals surface area contributed by atoms with Crippen LogP contribution < -0.4 is 9.80 Å². The molecule has 1 aromatic carbocycles. The molecule has 0 bridgehead atoms. The van der Waals surface area contributed by atoms with Crippen LogP contribution in [-0.4, -0.2) is 54.0 Å². The molecule has 6 nitrogen and oxygen atoms in total. The van der Waals surface area contributed by atoms with Gasteiger partial charge in [0.15, 0.2) is 11.6 Å². The van der Waals surface area contributed by atoms with Crippen molar-refractivity contribution in [3.8, 4) is 0 Å². The molecule has 2 atom stereocenters. The highest BCUT2D eigenvalue weighted by Crippen LogP contribution is 2.29. The second-order valence-electron chi connectivity index (χ2n) is 7.24. The number of hydrogen-bond donors (Lipinski definition) is 1. The van der Waals surface area contributed by atoms with Crippen molar-refractivity contribution in [1.82, 2.24) is 9.97 Å². The summed E-state index contributed by atoms with van der Waals surface area (Å²) in [4.78, 5) is 13.0. The average molecular weight is 390 g/mol. The maximum Gasteiger partial charge on any atom is 0.159 e. The Morgan fingerprint density at radius 1 is 1.07 bits per heavy atom. The minimum atomic E-state index is -0.873. The molecule has 1 N–H and O–H groups in total. The summed E-state index contributed by atoms with van der Waals surface area (Å²) in [5, 5.41) is 9.67. The molecule has 2 saturated heterocycles. The van der Waals surface area contributed by atoms with E-state index in [2.05, 4.69) is 19.8 Å². The van der Waals surface area contributed by atoms with Crippen LogP contribution in [0.2, 0.25) is 0 Å². The lowest BCUT2D eigenvalue weighted by Gasteiger charge is -2.37. The minimum absolute atomic E-state index is 0.0797. The molecule has 150 valence electrons. The van der Waals surface area contributed by atoms with E-state index in [-0.39, 0.29) is 18.8 Å². The zero-order chi connectivity index (χ0) is 19.5. The Morgan fingerprint density at radius 3 is 2.75 bits per heavy atom. The maximum absolute atomic E-state index is 13.6. The predicted molar refractivity (Wildman–Crippen MR) is 101 cm³/mol. The van der Waals surface area contributed by atoms with Crippen LogP contribution in [0.5, 0.6) is 0 Å². The summed E-state index contributed by atoms with van der Waals surface area (Å²) in [7, 11) is 0. The van der Waals surface area contributed by atoms with Gasteiger partial charge in [-0.1, -0.05) is 6.07 Å². The first-order valence-corrected chi connectivity index (χ1v) is 9.67. The molecule has 2 unspecified atom stereocenters. The predicted octanol–water partition coefficient (Wildman–Crippen LogP) is 2.68. The zero-order valence-electron chi connectivity index (χ0n) is 15.6. The van der Waals surface area contributed by atoms with Crippen LogP contribution in [0.3, 0.4) is 0 Å². The summed E-state index contributed by atoms with van der Waals surface area (Å²) in [6, 6.07) is 5.88. The highest BCUT2D eigenvalue weighted by molar-refractivity contribution is 5.51. The number of aliphatic hydroxyl groups is 1. The third-order valence-electron chi connectivity index (χ3n) is 5.48. The summed E-state index contributed by atoms with van der Waals surface area (Å²) in [5.41, 5.74) is 0.606. The van der Waals surface area contributed by atoms with Gasteiger partial charge in [-0.05, 0) is 37.0 Å². The maximum atomic E-state index is 13.6. The van der Waals surface area contributed by atoms with E-state index in [0.717, 1.165) is 43.5 Å². The molecule has 0 spiro atoms. The number of halogens is 2. The van der Waals surface area contributed by atoms with Gasteiger partial charge in [0.25, 0.3) is 0 Å². The van der Waals surface area contributed by atoms with Gasteiger partial charge in [-0.3, -0.25) is 0 Å². The molecule has 2 aromatic rings. The summed E-state index contributed by atoms with van der Waals surface area (Å²) in [6.07, 6.45) is 4.31. The number of ether oxygens (including phenoxy) is 1. The molecule has 0 aliphatic carbocycles. The molecule has 2 aliphatic heterocycles. The van der Waals surface area contributed by atoms with E-state index in [1.54, 1.807) is 6.07 Å². The normalized spacial score (nSPS) is 23.1. The number of hydrogen-bond acceptors (Lipinski definition) is 6. The Hall–Kier alpha value is -2.32. The number of benzene rings is 1. The average Bonchev–Trinajstić information content (AvgIpc) is 2.76. The van der Waals surface area contributed by atoms with Crippen molar-refractivity contribution in [2.75, 3.05) is 42.6 Å². The molecular formula is C20H24F2N4O2. The van der Waals surface area contributed by atoms with Gasteiger partial charge in [0.1, 0.15) is 24.1 Å². The molecule has 0 saturated carbocycles. The van der Waals surface area contributed by atoms with Gasteiger partial charge in [0, 0.05) is 25.7 Å². The quantitative estimate of drug-likeness (QED) is 0.866. The highest BCUT2D eigenvalue weighted by Gasteiger charge is 2.26. The second kappa shape index (κ2) is 8.36. The fourth-order valence-electron chi connectivity index (χ4n) is 3.93. The van der Waals surface area contributed by atoms with Crippen LogP contribution in [0.1, 0.15) is 30.9 Å². The first-order chi connectivity index (χ1) is 13.7. The number of piperidine rings is 1. The number of anilines is 2. The topological polar surface area (TPSA) is 61.7 Å². The van der Waals surface area contributed by atoms with Crippen molar-refractivity contribution in [3.05, 3.63) is 47.8 Å². The third kappa shape index (κ3) is 3.93. The Morgan fingerprint density at radius 2 is 1.93 bits per heavy atom. The molecular weight excluding hydrogens is 366 g/mol. The Balaban J connectivity index is 1.53. The number of aliphatic hydroxyl groups excluding tert-OH is 1.